The van der Waals surface area contributed by atoms with Gasteiger partial charge in [0.05, 0.1) is 6.61 Å². The molecule has 0 saturated carbocycles. The van der Waals surface area contributed by atoms with E-state index in [2.05, 4.69) is 4.74 Å². The zero-order chi connectivity index (χ0) is 6.41. The summed E-state index contributed by atoms with van der Waals surface area (Å²) in [5.74, 6) is -0.456. The molecule has 0 saturated heterocycles. The number of carbonyl (C=O) groups excluding carboxylic acids is 1. The zero-order valence-corrected chi connectivity index (χ0v) is 8.80. The Hall–Kier alpha value is 0.646. The van der Waals surface area contributed by atoms with Crippen molar-refractivity contribution in [1.29, 1.82) is 0 Å². The van der Waals surface area contributed by atoms with Gasteiger partial charge in [-0.25, -0.2) is 4.79 Å². The minimum Gasteiger partial charge on any atom is -0.705 e. The molecule has 4 heteroatoms. The number of esters is 1. The van der Waals surface area contributed by atoms with Crippen molar-refractivity contribution >= 4 is 5.97 Å². The predicted molar refractivity (Wildman–Crippen MR) is 30.1 cm³/mol. The number of nitrogens with one attached hydrogen (secondary N) is 1. The summed E-state index contributed by atoms with van der Waals surface area (Å²) < 4.78 is 4.44. The van der Waals surface area contributed by atoms with Gasteiger partial charge in [-0.2, -0.15) is 6.20 Å². The second kappa shape index (κ2) is 8.65. The second-order valence-corrected chi connectivity index (χ2v) is 1.09. The first-order chi connectivity index (χ1) is 3.81. The maximum atomic E-state index is 10.2. The van der Waals surface area contributed by atoms with Gasteiger partial charge in [-0.05, 0) is 6.92 Å². The van der Waals surface area contributed by atoms with E-state index in [9.17, 15) is 4.79 Å². The fraction of sp³-hybridized carbons (Fsp3) is 0.400. The third-order valence-corrected chi connectivity index (χ3v) is 0.506. The Morgan fingerprint density at radius 1 is 1.78 bits per heavy atom. The van der Waals surface area contributed by atoms with Gasteiger partial charge in [0.25, 0.3) is 0 Å². The van der Waals surface area contributed by atoms with Crippen molar-refractivity contribution in [2.24, 2.45) is 0 Å². The molecule has 0 aliphatic carbocycles. The van der Waals surface area contributed by atoms with E-state index in [0.29, 0.717) is 6.61 Å². The number of ether oxygens (including phenoxy) is 1. The molecule has 1 N–H and O–H groups in total. The molecule has 3 nitrogen and oxygen atoms in total. The molecule has 0 aromatic rings. The molecule has 0 heterocycles. The number of carbonyl (C=O) groups is 1. The van der Waals surface area contributed by atoms with E-state index in [0.717, 1.165) is 12.3 Å². The Bertz CT molecular complexity index is 103. The summed E-state index contributed by atoms with van der Waals surface area (Å²) in [5, 5.41) is 0. The van der Waals surface area contributed by atoms with Crippen LogP contribution >= 0.6 is 0 Å². The summed E-state index contributed by atoms with van der Waals surface area (Å²) in [6, 6.07) is 0. The third kappa shape index (κ3) is 8.65. The average molecular weight is 153 g/mol. The second-order valence-electron chi connectivity index (χ2n) is 1.09. The van der Waals surface area contributed by atoms with Crippen molar-refractivity contribution in [1.82, 2.24) is 0 Å². The average Bonchev–Trinajstić information content (AvgIpc) is 1.68. The van der Waals surface area contributed by atoms with E-state index >= 15 is 0 Å². The van der Waals surface area contributed by atoms with Crippen molar-refractivity contribution in [2.75, 3.05) is 6.61 Å². The molecule has 0 rings (SSSR count). The molecule has 0 spiro atoms. The molecule has 0 radical (unpaired) electrons. The molecular weight excluding hydrogens is 145 g/mol. The molecule has 9 heavy (non-hydrogen) atoms. The summed E-state index contributed by atoms with van der Waals surface area (Å²) in [4.78, 5) is 10.2. The van der Waals surface area contributed by atoms with E-state index < -0.39 is 5.97 Å². The monoisotopic (exact) mass is 153 g/mol. The van der Waals surface area contributed by atoms with Gasteiger partial charge in [-0.1, -0.05) is 0 Å². The van der Waals surface area contributed by atoms with Crippen molar-refractivity contribution in [3.05, 3.63) is 18.0 Å². The Kier molecular flexibility index (Phi) is 11.8. The summed E-state index contributed by atoms with van der Waals surface area (Å²) >= 11 is 0. The summed E-state index contributed by atoms with van der Waals surface area (Å²) in [7, 11) is 0. The maximum Gasteiger partial charge on any atom is 1.00 e. The van der Waals surface area contributed by atoms with Gasteiger partial charge in [0.2, 0.25) is 0 Å². The van der Waals surface area contributed by atoms with Gasteiger partial charge in [-0.3, -0.25) is 0 Å². The SMILES string of the molecule is CCOC(=O)/C=C\[NH-].[K+]. The number of hydrogen-bond acceptors (Lipinski definition) is 2. The minimum absolute atomic E-state index is 0. The van der Waals surface area contributed by atoms with Crippen molar-refractivity contribution in [2.45, 2.75) is 6.92 Å². The number of rotatable bonds is 2. The standard InChI is InChI=1S/C5H9NO2.K/c1-2-8-5(7)3-4-6;/h3-4H,2H2,1H3,(H2,6,7);/q;+1/p-1. The molecule has 0 fully saturated rings. The quantitative estimate of drug-likeness (QED) is 0.265. The van der Waals surface area contributed by atoms with Crippen LogP contribution in [0.2, 0.25) is 0 Å². The molecule has 46 valence electrons. The van der Waals surface area contributed by atoms with Gasteiger partial charge < -0.3 is 10.5 Å². The van der Waals surface area contributed by atoms with Gasteiger partial charge in [0, 0.05) is 6.08 Å². The fourth-order valence-corrected chi connectivity index (χ4v) is 0.258. The van der Waals surface area contributed by atoms with Crippen molar-refractivity contribution < 1.29 is 60.9 Å². The van der Waals surface area contributed by atoms with E-state index in [1.807, 2.05) is 0 Å². The van der Waals surface area contributed by atoms with Gasteiger partial charge in [0.1, 0.15) is 0 Å². The van der Waals surface area contributed by atoms with Crippen LogP contribution in [0.15, 0.2) is 12.3 Å². The van der Waals surface area contributed by atoms with E-state index in [-0.39, 0.29) is 51.4 Å². The fourth-order valence-electron chi connectivity index (χ4n) is 0.258. The Balaban J connectivity index is 0. The van der Waals surface area contributed by atoms with Crippen molar-refractivity contribution in [3.63, 3.8) is 0 Å². The first kappa shape index (κ1) is 12.3. The van der Waals surface area contributed by atoms with Gasteiger partial charge in [-0.15, -0.1) is 0 Å². The number of hydrogen-bond donors (Lipinski definition) is 0. The zero-order valence-electron chi connectivity index (χ0n) is 5.68. The molecule has 0 atom stereocenters. The van der Waals surface area contributed by atoms with E-state index in [1.54, 1.807) is 6.92 Å². The van der Waals surface area contributed by atoms with Crippen LogP contribution in [0, 0.1) is 0 Å². The normalized spacial score (nSPS) is 8.56. The van der Waals surface area contributed by atoms with Crippen LogP contribution in [-0.4, -0.2) is 12.6 Å². The van der Waals surface area contributed by atoms with Crippen LogP contribution < -0.4 is 51.4 Å². The molecule has 0 aromatic heterocycles. The first-order valence-corrected chi connectivity index (χ1v) is 2.31. The topological polar surface area (TPSA) is 50.1 Å². The molecule has 0 aliphatic rings. The van der Waals surface area contributed by atoms with Crippen LogP contribution in [0.4, 0.5) is 0 Å². The van der Waals surface area contributed by atoms with Gasteiger partial charge >= 0.3 is 57.4 Å². The molecule has 0 aromatic carbocycles. The molecule has 0 aliphatic heterocycles. The summed E-state index contributed by atoms with van der Waals surface area (Å²) in [6.07, 6.45) is 1.96. The Morgan fingerprint density at radius 2 is 2.33 bits per heavy atom. The third-order valence-electron chi connectivity index (χ3n) is 0.506. The van der Waals surface area contributed by atoms with Crippen LogP contribution in [-0.2, 0) is 9.53 Å². The van der Waals surface area contributed by atoms with Crippen LogP contribution in [0.3, 0.4) is 0 Å². The maximum absolute atomic E-state index is 10.2. The Labute approximate surface area is 97.0 Å². The van der Waals surface area contributed by atoms with Crippen LogP contribution in [0.25, 0.3) is 5.73 Å². The minimum atomic E-state index is -0.456. The summed E-state index contributed by atoms with van der Waals surface area (Å²) in [5.41, 5.74) is 6.43. The van der Waals surface area contributed by atoms with Crippen LogP contribution in [0.5, 0.6) is 0 Å². The molecule has 0 amide bonds. The molecule has 0 unspecified atom stereocenters. The first-order valence-electron chi connectivity index (χ1n) is 2.31. The summed E-state index contributed by atoms with van der Waals surface area (Å²) in [6.45, 7) is 2.08. The van der Waals surface area contributed by atoms with Crippen LogP contribution in [0.1, 0.15) is 6.92 Å². The smallest absolute Gasteiger partial charge is 0.705 e. The predicted octanol–water partition coefficient (Wildman–Crippen LogP) is -1.88. The van der Waals surface area contributed by atoms with Gasteiger partial charge in [0.15, 0.2) is 0 Å². The largest absolute Gasteiger partial charge is 1.00 e. The van der Waals surface area contributed by atoms with Crippen molar-refractivity contribution in [3.8, 4) is 0 Å². The Morgan fingerprint density at radius 3 is 2.67 bits per heavy atom. The van der Waals surface area contributed by atoms with E-state index in [4.69, 9.17) is 5.73 Å². The molecule has 0 bridgehead atoms. The molecular formula is C5H8KNO2. The van der Waals surface area contributed by atoms with E-state index in [1.165, 1.54) is 0 Å².